The predicted octanol–water partition coefficient (Wildman–Crippen LogP) is 1.40. The monoisotopic (exact) mass is 254 g/mol. The van der Waals surface area contributed by atoms with Crippen LogP contribution in [0.2, 0.25) is 0 Å². The Bertz CT molecular complexity index is 294. The molecule has 2 aliphatic rings. The fourth-order valence-corrected chi connectivity index (χ4v) is 3.33. The van der Waals surface area contributed by atoms with Crippen molar-refractivity contribution in [3.8, 4) is 0 Å². The van der Waals surface area contributed by atoms with Gasteiger partial charge < -0.3 is 4.74 Å². The Morgan fingerprint density at radius 1 is 1.28 bits per heavy atom. The number of ether oxygens (including phenoxy) is 1. The lowest BCUT2D eigenvalue weighted by Crippen LogP contribution is -2.52. The highest BCUT2D eigenvalue weighted by molar-refractivity contribution is 5.76. The second kappa shape index (κ2) is 6.02. The predicted molar refractivity (Wildman–Crippen MR) is 71.4 cm³/mol. The molecule has 0 amide bonds. The minimum Gasteiger partial charge on any atom is -0.468 e. The molecular formula is C14H26N2O2. The fraction of sp³-hybridized carbons (Fsp3) is 0.929. The highest BCUT2D eigenvalue weighted by Crippen LogP contribution is 2.27. The van der Waals surface area contributed by atoms with Gasteiger partial charge in [0.25, 0.3) is 0 Å². The van der Waals surface area contributed by atoms with Crippen LogP contribution in [0.25, 0.3) is 0 Å². The van der Waals surface area contributed by atoms with Gasteiger partial charge in [-0.1, -0.05) is 20.3 Å². The van der Waals surface area contributed by atoms with Crippen molar-refractivity contribution in [3.63, 3.8) is 0 Å². The molecule has 2 fully saturated rings. The molecule has 0 aromatic carbocycles. The molecule has 4 nitrogen and oxygen atoms in total. The molecule has 3 atom stereocenters. The Morgan fingerprint density at radius 2 is 2.06 bits per heavy atom. The minimum absolute atomic E-state index is 0.126. The quantitative estimate of drug-likeness (QED) is 0.770. The van der Waals surface area contributed by atoms with E-state index >= 15 is 0 Å². The summed E-state index contributed by atoms with van der Waals surface area (Å²) in [7, 11) is 1.47. The van der Waals surface area contributed by atoms with E-state index in [0.717, 1.165) is 6.42 Å². The number of piperidine rings is 1. The molecule has 18 heavy (non-hydrogen) atoms. The van der Waals surface area contributed by atoms with Crippen LogP contribution in [0.1, 0.15) is 39.5 Å². The molecule has 2 saturated heterocycles. The third kappa shape index (κ3) is 2.86. The maximum absolute atomic E-state index is 11.8. The first-order valence-electron chi connectivity index (χ1n) is 7.21. The molecule has 0 aliphatic carbocycles. The minimum atomic E-state index is -0.165. The lowest BCUT2D eigenvalue weighted by atomic mass is 9.96. The van der Waals surface area contributed by atoms with Crippen LogP contribution in [0.15, 0.2) is 0 Å². The molecule has 104 valence electrons. The number of methoxy groups -OCH3 is 1. The number of esters is 1. The van der Waals surface area contributed by atoms with Gasteiger partial charge in [0.1, 0.15) is 6.04 Å². The average molecular weight is 254 g/mol. The second-order valence-corrected chi connectivity index (χ2v) is 5.91. The lowest BCUT2D eigenvalue weighted by molar-refractivity contribution is -0.144. The van der Waals surface area contributed by atoms with Crippen molar-refractivity contribution in [2.45, 2.75) is 57.7 Å². The number of carbonyl (C=O) groups is 1. The van der Waals surface area contributed by atoms with E-state index in [-0.39, 0.29) is 17.9 Å². The van der Waals surface area contributed by atoms with Gasteiger partial charge in [-0.25, -0.2) is 0 Å². The van der Waals surface area contributed by atoms with Crippen molar-refractivity contribution >= 4 is 5.97 Å². The highest BCUT2D eigenvalue weighted by atomic mass is 16.5. The zero-order chi connectivity index (χ0) is 13.1. The summed E-state index contributed by atoms with van der Waals surface area (Å²) in [6.07, 6.45) is 5.08. The number of hydrogen-bond acceptors (Lipinski definition) is 4. The first kappa shape index (κ1) is 13.8. The summed E-state index contributed by atoms with van der Waals surface area (Å²) < 4.78 is 4.90. The van der Waals surface area contributed by atoms with Crippen LogP contribution in [0, 0.1) is 5.92 Å². The number of nitrogens with zero attached hydrogens (tertiary/aromatic N) is 1. The topological polar surface area (TPSA) is 41.6 Å². The van der Waals surface area contributed by atoms with Crippen LogP contribution in [0.5, 0.6) is 0 Å². The standard InChI is InChI=1S/C14H26N2O2/c1-10(2)13(14(17)18-3)15-11-7-9-16-8-5-4-6-12(11)16/h10-13,15H,4-9H2,1-3H3. The van der Waals surface area contributed by atoms with E-state index in [1.54, 1.807) is 0 Å². The van der Waals surface area contributed by atoms with Crippen LogP contribution in [-0.4, -0.2) is 49.2 Å². The van der Waals surface area contributed by atoms with Gasteiger partial charge >= 0.3 is 5.97 Å². The van der Waals surface area contributed by atoms with Gasteiger partial charge in [-0.3, -0.25) is 15.0 Å². The van der Waals surface area contributed by atoms with Gasteiger partial charge in [-0.05, 0) is 31.7 Å². The molecule has 0 aromatic rings. The van der Waals surface area contributed by atoms with E-state index in [2.05, 4.69) is 24.1 Å². The smallest absolute Gasteiger partial charge is 0.323 e. The summed E-state index contributed by atoms with van der Waals surface area (Å²) in [6.45, 7) is 6.55. The van der Waals surface area contributed by atoms with Gasteiger partial charge in [0.15, 0.2) is 0 Å². The SMILES string of the molecule is COC(=O)C(NC1CCN2CCCCC12)C(C)C. The number of fused-ring (bicyclic) bond motifs is 1. The Labute approximate surface area is 110 Å². The molecule has 0 radical (unpaired) electrons. The first-order valence-corrected chi connectivity index (χ1v) is 7.21. The van der Waals surface area contributed by atoms with Crippen LogP contribution in [-0.2, 0) is 9.53 Å². The van der Waals surface area contributed by atoms with Gasteiger partial charge in [0, 0.05) is 18.6 Å². The molecule has 2 aliphatic heterocycles. The van der Waals surface area contributed by atoms with Crippen molar-refractivity contribution in [2.75, 3.05) is 20.2 Å². The average Bonchev–Trinajstić information content (AvgIpc) is 2.78. The molecule has 2 rings (SSSR count). The summed E-state index contributed by atoms with van der Waals surface area (Å²) in [5.74, 6) is 0.148. The van der Waals surface area contributed by atoms with E-state index in [1.165, 1.54) is 39.5 Å². The normalized spacial score (nSPS) is 30.2. The third-order valence-electron chi connectivity index (χ3n) is 4.37. The first-order chi connectivity index (χ1) is 8.63. The van der Waals surface area contributed by atoms with Gasteiger partial charge in [-0.2, -0.15) is 0 Å². The van der Waals surface area contributed by atoms with Crippen molar-refractivity contribution in [3.05, 3.63) is 0 Å². The molecule has 0 aromatic heterocycles. The zero-order valence-electron chi connectivity index (χ0n) is 11.8. The Balaban J connectivity index is 1.96. The Kier molecular flexibility index (Phi) is 4.62. The summed E-state index contributed by atoms with van der Waals surface area (Å²) >= 11 is 0. The largest absolute Gasteiger partial charge is 0.468 e. The number of hydrogen-bond donors (Lipinski definition) is 1. The molecular weight excluding hydrogens is 228 g/mol. The summed E-state index contributed by atoms with van der Waals surface area (Å²) in [5.41, 5.74) is 0. The lowest BCUT2D eigenvalue weighted by Gasteiger charge is -2.34. The van der Waals surface area contributed by atoms with Gasteiger partial charge in [0.2, 0.25) is 0 Å². The number of carbonyl (C=O) groups excluding carboxylic acids is 1. The molecule has 1 N–H and O–H groups in total. The van der Waals surface area contributed by atoms with Crippen molar-refractivity contribution < 1.29 is 9.53 Å². The van der Waals surface area contributed by atoms with E-state index < -0.39 is 0 Å². The van der Waals surface area contributed by atoms with Crippen LogP contribution < -0.4 is 5.32 Å². The van der Waals surface area contributed by atoms with Gasteiger partial charge in [-0.15, -0.1) is 0 Å². The molecule has 0 spiro atoms. The molecule has 0 bridgehead atoms. The van der Waals surface area contributed by atoms with E-state index in [1.807, 2.05) is 0 Å². The third-order valence-corrected chi connectivity index (χ3v) is 4.37. The highest BCUT2D eigenvalue weighted by Gasteiger charge is 2.38. The summed E-state index contributed by atoms with van der Waals surface area (Å²) in [5, 5.41) is 3.55. The number of nitrogens with one attached hydrogen (secondary N) is 1. The maximum atomic E-state index is 11.8. The Hall–Kier alpha value is -0.610. The van der Waals surface area contributed by atoms with Crippen LogP contribution in [0.3, 0.4) is 0 Å². The number of rotatable bonds is 4. The molecule has 0 saturated carbocycles. The van der Waals surface area contributed by atoms with E-state index in [9.17, 15) is 4.79 Å². The maximum Gasteiger partial charge on any atom is 0.323 e. The fourth-order valence-electron chi connectivity index (χ4n) is 3.33. The van der Waals surface area contributed by atoms with Crippen molar-refractivity contribution in [1.29, 1.82) is 0 Å². The Morgan fingerprint density at radius 3 is 2.72 bits per heavy atom. The zero-order valence-corrected chi connectivity index (χ0v) is 11.8. The van der Waals surface area contributed by atoms with Crippen molar-refractivity contribution in [1.82, 2.24) is 10.2 Å². The molecule has 4 heteroatoms. The second-order valence-electron chi connectivity index (χ2n) is 5.91. The summed E-state index contributed by atoms with van der Waals surface area (Å²) in [4.78, 5) is 14.4. The van der Waals surface area contributed by atoms with E-state index in [4.69, 9.17) is 4.74 Å². The van der Waals surface area contributed by atoms with E-state index in [0.29, 0.717) is 12.1 Å². The van der Waals surface area contributed by atoms with Gasteiger partial charge in [0.05, 0.1) is 7.11 Å². The van der Waals surface area contributed by atoms with Crippen LogP contribution >= 0.6 is 0 Å². The molecule has 2 heterocycles. The van der Waals surface area contributed by atoms with Crippen molar-refractivity contribution in [2.24, 2.45) is 5.92 Å². The molecule has 3 unspecified atom stereocenters. The van der Waals surface area contributed by atoms with Crippen LogP contribution in [0.4, 0.5) is 0 Å². The summed E-state index contributed by atoms with van der Waals surface area (Å²) in [6, 6.07) is 0.920.